The quantitative estimate of drug-likeness (QED) is 0.232. The van der Waals surface area contributed by atoms with Crippen molar-refractivity contribution in [2.75, 3.05) is 6.61 Å². The molecule has 34 heavy (non-hydrogen) atoms. The van der Waals surface area contributed by atoms with Gasteiger partial charge < -0.3 is 19.9 Å². The molecule has 1 atom stereocenters. The van der Waals surface area contributed by atoms with E-state index < -0.39 is 11.9 Å². The summed E-state index contributed by atoms with van der Waals surface area (Å²) < 4.78 is 18.2. The Morgan fingerprint density at radius 1 is 1.12 bits per heavy atom. The van der Waals surface area contributed by atoms with Crippen LogP contribution in [-0.2, 0) is 0 Å². The summed E-state index contributed by atoms with van der Waals surface area (Å²) in [4.78, 5) is 12.5. The highest BCUT2D eigenvalue weighted by molar-refractivity contribution is 9.10. The Kier molecular flexibility index (Phi) is 7.19. The summed E-state index contributed by atoms with van der Waals surface area (Å²) in [6.07, 6.45) is 1.94. The summed E-state index contributed by atoms with van der Waals surface area (Å²) in [5, 5.41) is 9.86. The van der Waals surface area contributed by atoms with Gasteiger partial charge in [-0.05, 0) is 42.8 Å². The van der Waals surface area contributed by atoms with Crippen molar-refractivity contribution in [1.29, 1.82) is 5.26 Å². The van der Waals surface area contributed by atoms with Crippen molar-refractivity contribution in [3.8, 4) is 23.3 Å². The predicted octanol–water partition coefficient (Wildman–Crippen LogP) is 6.07. The topological polar surface area (TPSA) is 94.6 Å². The Hall–Kier alpha value is -3.76. The third-order valence-corrected chi connectivity index (χ3v) is 6.00. The molecule has 0 spiro atoms. The Morgan fingerprint density at radius 2 is 1.88 bits per heavy atom. The van der Waals surface area contributed by atoms with Gasteiger partial charge in [-0.2, -0.15) is 5.26 Å². The second kappa shape index (κ2) is 10.4. The fourth-order valence-electron chi connectivity index (χ4n) is 3.75. The minimum Gasteiger partial charge on any atom is -0.493 e. The van der Waals surface area contributed by atoms with E-state index in [-0.39, 0.29) is 5.88 Å². The first kappa shape index (κ1) is 23.4. The number of fused-ring (bicyclic) bond motifs is 1. The second-order valence-electron chi connectivity index (χ2n) is 7.76. The molecule has 4 rings (SSSR count). The number of carbonyl (C=O) groups is 1. The maximum Gasteiger partial charge on any atom is 0.343 e. The maximum absolute atomic E-state index is 12.5. The number of hydrogen-bond donors (Lipinski definition) is 1. The molecule has 1 heterocycles. The molecule has 0 amide bonds. The van der Waals surface area contributed by atoms with Gasteiger partial charge in [0.2, 0.25) is 5.88 Å². The Balaban J connectivity index is 1.68. The number of hydrogen-bond acceptors (Lipinski definition) is 6. The zero-order valence-corrected chi connectivity index (χ0v) is 20.2. The van der Waals surface area contributed by atoms with E-state index in [1.165, 1.54) is 0 Å². The van der Waals surface area contributed by atoms with Crippen LogP contribution in [0.3, 0.4) is 0 Å². The fourth-order valence-corrected chi connectivity index (χ4v) is 4.01. The van der Waals surface area contributed by atoms with Gasteiger partial charge in [0.15, 0.2) is 0 Å². The number of nitriles is 1. The number of ether oxygens (including phenoxy) is 3. The van der Waals surface area contributed by atoms with E-state index >= 15 is 0 Å². The third kappa shape index (κ3) is 4.92. The number of benzene rings is 3. The number of carbonyl (C=O) groups excluding carboxylic acids is 1. The highest BCUT2D eigenvalue weighted by atomic mass is 79.9. The molecule has 1 aliphatic heterocycles. The van der Waals surface area contributed by atoms with Crippen LogP contribution < -0.4 is 19.9 Å². The van der Waals surface area contributed by atoms with Crippen molar-refractivity contribution in [1.82, 2.24) is 0 Å². The molecule has 1 aliphatic rings. The van der Waals surface area contributed by atoms with E-state index in [1.54, 1.807) is 42.5 Å². The number of para-hydroxylation sites is 1. The summed E-state index contributed by atoms with van der Waals surface area (Å²) in [5.41, 5.74) is 8.43. The monoisotopic (exact) mass is 518 g/mol. The minimum atomic E-state index is -0.490. The lowest BCUT2D eigenvalue weighted by atomic mass is 9.83. The largest absolute Gasteiger partial charge is 0.493 e. The number of nitrogens with two attached hydrogens (primary N) is 1. The molecule has 0 fully saturated rings. The van der Waals surface area contributed by atoms with E-state index in [1.807, 2.05) is 24.3 Å². The number of unbranched alkanes of at least 4 members (excludes halogenated alkanes) is 1. The van der Waals surface area contributed by atoms with Gasteiger partial charge in [-0.1, -0.05) is 53.5 Å². The Morgan fingerprint density at radius 3 is 2.62 bits per heavy atom. The van der Waals surface area contributed by atoms with Crippen LogP contribution in [0.25, 0.3) is 0 Å². The average Bonchev–Trinajstić information content (AvgIpc) is 2.84. The number of rotatable bonds is 7. The van der Waals surface area contributed by atoms with Crippen LogP contribution in [0.15, 0.2) is 82.7 Å². The molecule has 0 saturated heterocycles. The van der Waals surface area contributed by atoms with Gasteiger partial charge in [-0.25, -0.2) is 4.79 Å². The van der Waals surface area contributed by atoms with E-state index in [0.717, 1.165) is 28.4 Å². The van der Waals surface area contributed by atoms with Crippen molar-refractivity contribution >= 4 is 21.9 Å². The number of halogens is 1. The molecule has 0 aromatic heterocycles. The molecule has 172 valence electrons. The molecule has 3 aromatic rings. The van der Waals surface area contributed by atoms with Gasteiger partial charge >= 0.3 is 5.97 Å². The number of allylic oxidation sites excluding steroid dienone is 1. The van der Waals surface area contributed by atoms with Crippen LogP contribution in [0.4, 0.5) is 0 Å². The van der Waals surface area contributed by atoms with Crippen molar-refractivity contribution in [3.05, 3.63) is 99.3 Å². The van der Waals surface area contributed by atoms with Crippen LogP contribution >= 0.6 is 15.9 Å². The lowest BCUT2D eigenvalue weighted by Gasteiger charge is -2.28. The lowest BCUT2D eigenvalue weighted by molar-refractivity contribution is 0.0734. The standard InChI is InChI=1S/C27H23BrN2O4/c1-2-3-14-32-23-7-5-4-6-20(23)25-21-13-12-19(15-24(21)34-26(30)22(25)16-29)33-27(31)17-8-10-18(28)11-9-17/h4-13,15,25H,2-3,14,30H2,1H3. The van der Waals surface area contributed by atoms with Gasteiger partial charge in [-0.3, -0.25) is 0 Å². The molecule has 3 aromatic carbocycles. The molecule has 0 radical (unpaired) electrons. The summed E-state index contributed by atoms with van der Waals surface area (Å²) in [5.74, 6) is 0.482. The van der Waals surface area contributed by atoms with Gasteiger partial charge in [0.05, 0.1) is 18.1 Å². The van der Waals surface area contributed by atoms with Gasteiger partial charge in [0, 0.05) is 21.7 Å². The van der Waals surface area contributed by atoms with Gasteiger partial charge in [0.1, 0.15) is 28.9 Å². The smallest absolute Gasteiger partial charge is 0.343 e. The van der Waals surface area contributed by atoms with E-state index in [0.29, 0.717) is 35.0 Å². The number of esters is 1. The second-order valence-corrected chi connectivity index (χ2v) is 8.68. The number of nitrogens with zero attached hydrogens (tertiary/aromatic N) is 1. The first-order valence-electron chi connectivity index (χ1n) is 10.9. The van der Waals surface area contributed by atoms with E-state index in [9.17, 15) is 10.1 Å². The summed E-state index contributed by atoms with van der Waals surface area (Å²) >= 11 is 3.35. The summed E-state index contributed by atoms with van der Waals surface area (Å²) in [7, 11) is 0. The molecular weight excluding hydrogens is 496 g/mol. The van der Waals surface area contributed by atoms with Crippen LogP contribution in [0.1, 0.15) is 47.2 Å². The van der Waals surface area contributed by atoms with Gasteiger partial charge in [-0.15, -0.1) is 0 Å². The third-order valence-electron chi connectivity index (χ3n) is 5.47. The molecule has 0 aliphatic carbocycles. The molecule has 0 saturated carbocycles. The van der Waals surface area contributed by atoms with Crippen molar-refractivity contribution in [2.24, 2.45) is 5.73 Å². The molecule has 7 heteroatoms. The highest BCUT2D eigenvalue weighted by Crippen LogP contribution is 2.45. The normalized spacial score (nSPS) is 14.6. The molecule has 2 N–H and O–H groups in total. The van der Waals surface area contributed by atoms with Crippen molar-refractivity contribution < 1.29 is 19.0 Å². The van der Waals surface area contributed by atoms with Crippen molar-refractivity contribution in [3.63, 3.8) is 0 Å². The highest BCUT2D eigenvalue weighted by Gasteiger charge is 2.33. The van der Waals surface area contributed by atoms with Crippen LogP contribution in [0.5, 0.6) is 17.2 Å². The molecule has 1 unspecified atom stereocenters. The lowest BCUT2D eigenvalue weighted by Crippen LogP contribution is -2.21. The first-order valence-corrected chi connectivity index (χ1v) is 11.7. The first-order chi connectivity index (χ1) is 16.5. The summed E-state index contributed by atoms with van der Waals surface area (Å²) in [6.45, 7) is 2.68. The van der Waals surface area contributed by atoms with Crippen LogP contribution in [-0.4, -0.2) is 12.6 Å². The van der Waals surface area contributed by atoms with E-state index in [4.69, 9.17) is 19.9 Å². The maximum atomic E-state index is 12.5. The zero-order valence-electron chi connectivity index (χ0n) is 18.6. The van der Waals surface area contributed by atoms with Crippen LogP contribution in [0.2, 0.25) is 0 Å². The fraction of sp³-hybridized carbons (Fsp3) is 0.185. The molecular formula is C27H23BrN2O4. The molecule has 6 nitrogen and oxygen atoms in total. The predicted molar refractivity (Wildman–Crippen MR) is 132 cm³/mol. The summed E-state index contributed by atoms with van der Waals surface area (Å²) in [6, 6.07) is 21.8. The Bertz CT molecular complexity index is 1280. The van der Waals surface area contributed by atoms with Gasteiger partial charge in [0.25, 0.3) is 0 Å². The Labute approximate surface area is 206 Å². The van der Waals surface area contributed by atoms with Crippen LogP contribution in [0, 0.1) is 11.3 Å². The SMILES string of the molecule is CCCCOc1ccccc1C1C(C#N)=C(N)Oc2cc(OC(=O)c3ccc(Br)cc3)ccc21. The van der Waals surface area contributed by atoms with Crippen molar-refractivity contribution in [2.45, 2.75) is 25.7 Å². The zero-order chi connectivity index (χ0) is 24.1. The minimum absolute atomic E-state index is 0.0137. The van der Waals surface area contributed by atoms with E-state index in [2.05, 4.69) is 28.9 Å². The molecule has 0 bridgehead atoms. The average molecular weight is 519 g/mol.